The summed E-state index contributed by atoms with van der Waals surface area (Å²) in [7, 11) is -4.79. The van der Waals surface area contributed by atoms with Gasteiger partial charge in [0.2, 0.25) is 0 Å². The van der Waals surface area contributed by atoms with Crippen LogP contribution in [0.25, 0.3) is 0 Å². The Morgan fingerprint density at radius 3 is 0.943 bits per heavy atom. The molecule has 14 heteroatoms. The molecule has 0 fully saturated rings. The van der Waals surface area contributed by atoms with E-state index in [0.717, 1.165) is 0 Å². The third-order valence-corrected chi connectivity index (χ3v) is 9.28. The second-order valence-corrected chi connectivity index (χ2v) is 12.1. The maximum atomic E-state index is 14.1. The molecule has 35 heavy (non-hydrogen) atoms. The normalized spacial score (nSPS) is 11.5. The van der Waals surface area contributed by atoms with Crippen molar-refractivity contribution in [3.63, 3.8) is 0 Å². The van der Waals surface area contributed by atoms with E-state index in [0.29, 0.717) is 16.7 Å². The Hall–Kier alpha value is -0.100. The number of hydrogen-bond donors (Lipinski definition) is 0. The Morgan fingerprint density at radius 2 is 0.714 bits per heavy atom. The zero-order valence-corrected chi connectivity index (χ0v) is 25.4. The van der Waals surface area contributed by atoms with Crippen LogP contribution < -0.4 is 13.6 Å². The minimum absolute atomic E-state index is 0.0381. The number of halogens is 9. The van der Waals surface area contributed by atoms with Crippen molar-refractivity contribution in [1.29, 1.82) is 0 Å². The number of rotatable bonds is 6. The van der Waals surface area contributed by atoms with E-state index in [4.69, 9.17) is 118 Å². The van der Waals surface area contributed by atoms with Gasteiger partial charge >= 0.3 is 7.82 Å². The van der Waals surface area contributed by atoms with Gasteiger partial charge in [0.1, 0.15) is 0 Å². The molecule has 3 aromatic carbocycles. The lowest BCUT2D eigenvalue weighted by Crippen LogP contribution is -2.10. The minimum Gasteiger partial charge on any atom is -0.383 e. The van der Waals surface area contributed by atoms with E-state index < -0.39 is 7.82 Å². The van der Waals surface area contributed by atoms with Gasteiger partial charge in [0, 0.05) is 15.1 Å². The highest BCUT2D eigenvalue weighted by Crippen LogP contribution is 2.58. The van der Waals surface area contributed by atoms with Crippen molar-refractivity contribution in [1.82, 2.24) is 0 Å². The summed E-state index contributed by atoms with van der Waals surface area (Å²) in [4.78, 5) is 0. The van der Waals surface area contributed by atoms with Gasteiger partial charge in [-0.15, -0.1) is 0 Å². The molecule has 0 bridgehead atoms. The molecule has 188 valence electrons. The smallest absolute Gasteiger partial charge is 0.383 e. The van der Waals surface area contributed by atoms with Crippen LogP contribution in [-0.2, 0) is 4.57 Å². The maximum Gasteiger partial charge on any atom is 0.647 e. The number of benzene rings is 3. The Labute approximate surface area is 246 Å². The third-order valence-electron chi connectivity index (χ3n) is 4.68. The molecule has 0 atom stereocenters. The van der Waals surface area contributed by atoms with E-state index in [1.54, 1.807) is 20.8 Å². The van der Waals surface area contributed by atoms with Crippen LogP contribution in [0.1, 0.15) is 16.7 Å². The molecule has 0 unspecified atom stereocenters. The molecule has 3 rings (SSSR count). The van der Waals surface area contributed by atoms with Crippen LogP contribution in [0.15, 0.2) is 18.2 Å². The molecule has 0 N–H and O–H groups in total. The standard InChI is InChI=1S/C21H12Cl9O4P/c1-7-10(22)4-13(25)19(16(7)28)32-35(31,33-20-14(26)5-11(23)8(2)17(20)29)34-21-15(27)6-12(24)9(3)18(21)30/h4-6H,1-3H3. The van der Waals surface area contributed by atoms with Crippen molar-refractivity contribution < 1.29 is 18.1 Å². The van der Waals surface area contributed by atoms with Gasteiger partial charge in [-0.3, -0.25) is 0 Å². The minimum atomic E-state index is -4.79. The van der Waals surface area contributed by atoms with Crippen LogP contribution in [0.2, 0.25) is 45.2 Å². The number of phosphoric ester groups is 1. The lowest BCUT2D eigenvalue weighted by Gasteiger charge is -2.23. The van der Waals surface area contributed by atoms with E-state index in [2.05, 4.69) is 0 Å². The first-order chi connectivity index (χ1) is 16.2. The fourth-order valence-electron chi connectivity index (χ4n) is 2.64. The van der Waals surface area contributed by atoms with Crippen LogP contribution in [0.5, 0.6) is 17.2 Å². The van der Waals surface area contributed by atoms with Crippen LogP contribution in [0.4, 0.5) is 0 Å². The topological polar surface area (TPSA) is 44.8 Å². The Morgan fingerprint density at radius 1 is 0.486 bits per heavy atom. The van der Waals surface area contributed by atoms with Gasteiger partial charge in [0.25, 0.3) is 0 Å². The van der Waals surface area contributed by atoms with E-state index in [9.17, 15) is 4.57 Å². The Balaban J connectivity index is 2.21. The number of hydrogen-bond acceptors (Lipinski definition) is 4. The summed E-state index contributed by atoms with van der Waals surface area (Å²) in [6.07, 6.45) is 0. The maximum absolute atomic E-state index is 14.1. The van der Waals surface area contributed by atoms with E-state index in [1.807, 2.05) is 0 Å². The number of phosphoric acid groups is 1. The first kappa shape index (κ1) is 29.5. The second-order valence-electron chi connectivity index (χ2n) is 7.05. The zero-order chi connectivity index (χ0) is 26.4. The molecule has 0 aliphatic heterocycles. The molecule has 0 spiro atoms. The van der Waals surface area contributed by atoms with E-state index in [-0.39, 0.29) is 62.5 Å². The van der Waals surface area contributed by atoms with Crippen molar-refractivity contribution in [2.45, 2.75) is 20.8 Å². The summed E-state index contributed by atoms with van der Waals surface area (Å²) < 4.78 is 31.1. The predicted octanol–water partition coefficient (Wildman–Crippen LogP) is 12.1. The summed E-state index contributed by atoms with van der Waals surface area (Å²) >= 11 is 56.3. The van der Waals surface area contributed by atoms with Crippen molar-refractivity contribution >= 4 is 112 Å². The third kappa shape index (κ3) is 6.15. The van der Waals surface area contributed by atoms with Gasteiger partial charge in [-0.1, -0.05) is 104 Å². The van der Waals surface area contributed by atoms with Crippen LogP contribution in [0, 0.1) is 20.8 Å². The molecule has 0 aromatic heterocycles. The highest BCUT2D eigenvalue weighted by molar-refractivity contribution is 7.49. The molecule has 0 aliphatic rings. The Kier molecular flexibility index (Phi) is 9.54. The molecule has 3 aromatic rings. The van der Waals surface area contributed by atoms with Crippen LogP contribution in [0.3, 0.4) is 0 Å². The quantitative estimate of drug-likeness (QED) is 0.244. The molecule has 0 saturated carbocycles. The van der Waals surface area contributed by atoms with E-state index in [1.165, 1.54) is 18.2 Å². The first-order valence-corrected chi connectivity index (χ1v) is 14.1. The van der Waals surface area contributed by atoms with Crippen molar-refractivity contribution in [3.8, 4) is 17.2 Å². The monoisotopic (exact) mass is 674 g/mol. The highest BCUT2D eigenvalue weighted by atomic mass is 35.5. The molecule has 0 radical (unpaired) electrons. The molecule has 4 nitrogen and oxygen atoms in total. The fraction of sp³-hybridized carbons (Fsp3) is 0.143. The highest BCUT2D eigenvalue weighted by Gasteiger charge is 2.39. The predicted molar refractivity (Wildman–Crippen MR) is 148 cm³/mol. The van der Waals surface area contributed by atoms with Gasteiger partial charge in [-0.2, -0.15) is 4.57 Å². The van der Waals surface area contributed by atoms with Gasteiger partial charge < -0.3 is 13.6 Å². The largest absolute Gasteiger partial charge is 0.647 e. The molecule has 0 aliphatic carbocycles. The van der Waals surface area contributed by atoms with Crippen LogP contribution >= 0.6 is 112 Å². The summed E-state index contributed by atoms with van der Waals surface area (Å²) in [5, 5.41) is 0.413. The first-order valence-electron chi connectivity index (χ1n) is 9.28. The molecule has 0 amide bonds. The van der Waals surface area contributed by atoms with E-state index >= 15 is 0 Å². The summed E-state index contributed by atoms with van der Waals surface area (Å²) in [6, 6.07) is 4.05. The Bertz CT molecular complexity index is 1230. The molecular formula is C21H12Cl9O4P. The molecule has 0 heterocycles. The van der Waals surface area contributed by atoms with Gasteiger partial charge in [-0.25, -0.2) is 0 Å². The van der Waals surface area contributed by atoms with Crippen molar-refractivity contribution in [2.75, 3.05) is 0 Å². The lowest BCUT2D eigenvalue weighted by molar-refractivity contribution is 0.298. The van der Waals surface area contributed by atoms with Crippen molar-refractivity contribution in [2.24, 2.45) is 0 Å². The van der Waals surface area contributed by atoms with Crippen molar-refractivity contribution in [3.05, 3.63) is 80.1 Å². The second kappa shape index (κ2) is 11.3. The lowest BCUT2D eigenvalue weighted by atomic mass is 10.2. The van der Waals surface area contributed by atoms with Crippen LogP contribution in [-0.4, -0.2) is 0 Å². The molecule has 0 saturated heterocycles. The zero-order valence-electron chi connectivity index (χ0n) is 17.7. The molecular weight excluding hydrogens is 666 g/mol. The average Bonchev–Trinajstić information content (AvgIpc) is 2.78. The average molecular weight is 678 g/mol. The van der Waals surface area contributed by atoms with Gasteiger partial charge in [0.15, 0.2) is 17.2 Å². The van der Waals surface area contributed by atoms with Gasteiger partial charge in [0.05, 0.1) is 30.1 Å². The summed E-state index contributed by atoms with van der Waals surface area (Å²) in [6.45, 7) is 4.81. The summed E-state index contributed by atoms with van der Waals surface area (Å²) in [5.74, 6) is -0.724. The SMILES string of the molecule is Cc1c(Cl)cc(Cl)c(OP(=O)(Oc2c(Cl)cc(Cl)c(C)c2Cl)Oc2c(Cl)cc(Cl)c(C)c2Cl)c1Cl. The van der Waals surface area contributed by atoms with Gasteiger partial charge in [-0.05, 0) is 55.7 Å². The summed E-state index contributed by atoms with van der Waals surface area (Å²) in [5.41, 5.74) is 1.20. The fourth-order valence-corrected chi connectivity index (χ4v) is 6.83.